The number of aromatic nitrogens is 1. The normalized spacial score (nSPS) is 11.8. The maximum atomic E-state index is 13.0. The Kier molecular flexibility index (Phi) is 4.92. The van der Waals surface area contributed by atoms with Gasteiger partial charge in [-0.2, -0.15) is 0 Å². The van der Waals surface area contributed by atoms with E-state index in [4.69, 9.17) is 11.6 Å². The van der Waals surface area contributed by atoms with E-state index < -0.39 is 21.7 Å². The van der Waals surface area contributed by atoms with E-state index in [1.54, 1.807) is 6.92 Å². The topological polar surface area (TPSA) is 59.1 Å². The molecule has 4 nitrogen and oxygen atoms in total. The summed E-state index contributed by atoms with van der Waals surface area (Å²) in [5.74, 6) is -1.39. The molecule has 0 aliphatic heterocycles. The van der Waals surface area contributed by atoms with Gasteiger partial charge in [0.1, 0.15) is 11.6 Å². The summed E-state index contributed by atoms with van der Waals surface area (Å²) < 4.78 is 52.6. The molecule has 2 rings (SSSR count). The highest BCUT2D eigenvalue weighted by Gasteiger charge is 2.20. The quantitative estimate of drug-likeness (QED) is 0.900. The van der Waals surface area contributed by atoms with Gasteiger partial charge in [-0.25, -0.2) is 26.9 Å². The van der Waals surface area contributed by atoms with Crippen LogP contribution in [0.15, 0.2) is 22.4 Å². The molecule has 1 aromatic heterocycles. The molecule has 9 heteroatoms. The maximum Gasteiger partial charge on any atom is 0.251 e. The molecule has 1 N–H and O–H groups in total. The molecular formula is C12H11ClF2N2O2S2. The van der Waals surface area contributed by atoms with Crippen molar-refractivity contribution in [2.45, 2.75) is 17.6 Å². The molecule has 0 aliphatic carbocycles. The van der Waals surface area contributed by atoms with Crippen molar-refractivity contribution in [3.63, 3.8) is 0 Å². The number of hydrogen-bond acceptors (Lipinski definition) is 4. The Bertz CT molecular complexity index is 742. The van der Waals surface area contributed by atoms with Crippen molar-refractivity contribution < 1.29 is 17.2 Å². The first-order valence-electron chi connectivity index (χ1n) is 5.85. The van der Waals surface area contributed by atoms with Crippen LogP contribution in [-0.4, -0.2) is 19.9 Å². The summed E-state index contributed by atoms with van der Waals surface area (Å²) in [6.07, 6.45) is 0.166. The number of hydrogen-bond donors (Lipinski definition) is 1. The fourth-order valence-corrected chi connectivity index (χ4v) is 4.56. The van der Waals surface area contributed by atoms with Crippen LogP contribution in [0.4, 0.5) is 8.78 Å². The lowest BCUT2D eigenvalue weighted by Crippen LogP contribution is -2.25. The lowest BCUT2D eigenvalue weighted by Gasteiger charge is -2.06. The summed E-state index contributed by atoms with van der Waals surface area (Å²) in [5, 5.41) is 0. The molecule has 0 bridgehead atoms. The van der Waals surface area contributed by atoms with E-state index >= 15 is 0 Å². The highest BCUT2D eigenvalue weighted by Crippen LogP contribution is 2.26. The minimum atomic E-state index is -3.73. The van der Waals surface area contributed by atoms with Crippen LogP contribution in [-0.2, 0) is 16.4 Å². The summed E-state index contributed by atoms with van der Waals surface area (Å²) in [6.45, 7) is 1.55. The smallest absolute Gasteiger partial charge is 0.229 e. The van der Waals surface area contributed by atoms with Gasteiger partial charge in [0.15, 0.2) is 8.68 Å². The average Bonchev–Trinajstić information content (AvgIpc) is 2.67. The van der Waals surface area contributed by atoms with Gasteiger partial charge in [-0.15, -0.1) is 0 Å². The van der Waals surface area contributed by atoms with Crippen molar-refractivity contribution in [1.29, 1.82) is 0 Å². The molecule has 0 saturated heterocycles. The summed E-state index contributed by atoms with van der Waals surface area (Å²) in [6, 6.07) is 3.08. The van der Waals surface area contributed by atoms with Crippen molar-refractivity contribution in [2.24, 2.45) is 0 Å². The third kappa shape index (κ3) is 4.19. The number of sulfonamides is 1. The van der Waals surface area contributed by atoms with Gasteiger partial charge in [-0.05, 0) is 31.0 Å². The Labute approximate surface area is 129 Å². The molecule has 0 unspecified atom stereocenters. The van der Waals surface area contributed by atoms with Crippen LogP contribution in [0.5, 0.6) is 0 Å². The van der Waals surface area contributed by atoms with Crippen molar-refractivity contribution in [3.05, 3.63) is 45.6 Å². The standard InChI is InChI=1S/C12H11ClF2N2O2S2/c1-7-11(20-12(13)17-7)21(18,19)16-3-2-8-4-9(14)6-10(15)5-8/h4-6,16H,2-3H2,1H3. The van der Waals surface area contributed by atoms with Gasteiger partial charge in [-0.3, -0.25) is 0 Å². The van der Waals surface area contributed by atoms with Crippen molar-refractivity contribution in [3.8, 4) is 0 Å². The van der Waals surface area contributed by atoms with Gasteiger partial charge < -0.3 is 0 Å². The van der Waals surface area contributed by atoms with E-state index in [0.717, 1.165) is 29.5 Å². The third-order valence-electron chi connectivity index (χ3n) is 2.60. The molecule has 21 heavy (non-hydrogen) atoms. The van der Waals surface area contributed by atoms with Crippen LogP contribution in [0.2, 0.25) is 4.47 Å². The molecule has 1 aromatic carbocycles. The first kappa shape index (κ1) is 16.3. The lowest BCUT2D eigenvalue weighted by molar-refractivity contribution is 0.577. The van der Waals surface area contributed by atoms with Gasteiger partial charge in [0.25, 0.3) is 10.0 Å². The highest BCUT2D eigenvalue weighted by molar-refractivity contribution is 7.91. The maximum absolute atomic E-state index is 13.0. The average molecular weight is 353 g/mol. The molecule has 0 fully saturated rings. The summed E-state index contributed by atoms with van der Waals surface area (Å²) in [4.78, 5) is 3.83. The van der Waals surface area contributed by atoms with Crippen LogP contribution >= 0.6 is 22.9 Å². The minimum absolute atomic E-state index is 0.0141. The molecule has 0 aliphatic rings. The molecule has 0 saturated carbocycles. The SMILES string of the molecule is Cc1nc(Cl)sc1S(=O)(=O)NCCc1cc(F)cc(F)c1. The number of thiazole rings is 1. The molecule has 114 valence electrons. The van der Waals surface area contributed by atoms with Gasteiger partial charge in [0.2, 0.25) is 0 Å². The predicted octanol–water partition coefficient (Wildman–Crippen LogP) is 2.90. The second kappa shape index (κ2) is 6.35. The Hall–Kier alpha value is -1.09. The number of rotatable bonds is 5. The van der Waals surface area contributed by atoms with Gasteiger partial charge in [0.05, 0.1) is 5.69 Å². The van der Waals surface area contributed by atoms with E-state index in [1.807, 2.05) is 0 Å². The predicted molar refractivity (Wildman–Crippen MR) is 77.1 cm³/mol. The monoisotopic (exact) mass is 352 g/mol. The summed E-state index contributed by atoms with van der Waals surface area (Å²) >= 11 is 6.52. The van der Waals surface area contributed by atoms with Crippen LogP contribution in [0, 0.1) is 18.6 Å². The summed E-state index contributed by atoms with van der Waals surface area (Å²) in [7, 11) is -3.73. The van der Waals surface area contributed by atoms with E-state index in [9.17, 15) is 17.2 Å². The van der Waals surface area contributed by atoms with Crippen LogP contribution < -0.4 is 4.72 Å². The largest absolute Gasteiger partial charge is 0.251 e. The number of aryl methyl sites for hydroxylation is 1. The van der Waals surface area contributed by atoms with E-state index in [1.165, 1.54) is 0 Å². The number of nitrogens with zero attached hydrogens (tertiary/aromatic N) is 1. The molecule has 0 radical (unpaired) electrons. The number of benzene rings is 1. The third-order valence-corrected chi connectivity index (χ3v) is 5.93. The molecule has 1 heterocycles. The van der Waals surface area contributed by atoms with Gasteiger partial charge in [-0.1, -0.05) is 22.9 Å². The van der Waals surface area contributed by atoms with Crippen molar-refractivity contribution in [2.75, 3.05) is 6.54 Å². The zero-order valence-electron chi connectivity index (χ0n) is 10.9. The Morgan fingerprint density at radius 1 is 1.29 bits per heavy atom. The van der Waals surface area contributed by atoms with E-state index in [2.05, 4.69) is 9.71 Å². The van der Waals surface area contributed by atoms with Crippen molar-refractivity contribution >= 4 is 33.0 Å². The number of nitrogens with one attached hydrogen (secondary N) is 1. The van der Waals surface area contributed by atoms with E-state index in [0.29, 0.717) is 11.3 Å². The zero-order valence-corrected chi connectivity index (χ0v) is 13.2. The minimum Gasteiger partial charge on any atom is -0.229 e. The van der Waals surface area contributed by atoms with Gasteiger partial charge in [0, 0.05) is 12.6 Å². The van der Waals surface area contributed by atoms with E-state index in [-0.39, 0.29) is 21.6 Å². The molecule has 2 aromatic rings. The highest BCUT2D eigenvalue weighted by atomic mass is 35.5. The van der Waals surface area contributed by atoms with Gasteiger partial charge >= 0.3 is 0 Å². The fraction of sp³-hybridized carbons (Fsp3) is 0.250. The lowest BCUT2D eigenvalue weighted by atomic mass is 10.1. The van der Waals surface area contributed by atoms with Crippen LogP contribution in [0.3, 0.4) is 0 Å². The Balaban J connectivity index is 2.04. The Morgan fingerprint density at radius 3 is 2.43 bits per heavy atom. The second-order valence-electron chi connectivity index (χ2n) is 4.27. The first-order valence-corrected chi connectivity index (χ1v) is 8.53. The zero-order chi connectivity index (χ0) is 15.6. The summed E-state index contributed by atoms with van der Waals surface area (Å²) in [5.41, 5.74) is 0.684. The molecule has 0 atom stereocenters. The second-order valence-corrected chi connectivity index (χ2v) is 7.81. The Morgan fingerprint density at radius 2 is 1.90 bits per heavy atom. The first-order chi connectivity index (χ1) is 9.78. The van der Waals surface area contributed by atoms with Crippen LogP contribution in [0.25, 0.3) is 0 Å². The molecule has 0 amide bonds. The van der Waals surface area contributed by atoms with Crippen molar-refractivity contribution in [1.82, 2.24) is 9.71 Å². The van der Waals surface area contributed by atoms with Crippen LogP contribution in [0.1, 0.15) is 11.3 Å². The molecular weight excluding hydrogens is 342 g/mol. The fourth-order valence-electron chi connectivity index (χ4n) is 1.75. The molecule has 0 spiro atoms. The number of halogens is 3.